The Kier molecular flexibility index (Phi) is 9.78. The van der Waals surface area contributed by atoms with E-state index in [2.05, 4.69) is 25.5 Å². The van der Waals surface area contributed by atoms with Gasteiger partial charge in [0.15, 0.2) is 11.6 Å². The van der Waals surface area contributed by atoms with Gasteiger partial charge in [0.25, 0.3) is 5.91 Å². The monoisotopic (exact) mass is 587 g/mol. The third-order valence-corrected chi connectivity index (χ3v) is 7.24. The van der Waals surface area contributed by atoms with Gasteiger partial charge in [0.05, 0.1) is 6.61 Å². The lowest BCUT2D eigenvalue weighted by atomic mass is 10.1. The first kappa shape index (κ1) is 29.9. The second kappa shape index (κ2) is 14.1. The highest BCUT2D eigenvalue weighted by Crippen LogP contribution is 2.29. The van der Waals surface area contributed by atoms with Crippen LogP contribution in [0.15, 0.2) is 66.9 Å². The topological polar surface area (TPSA) is 88.6 Å². The summed E-state index contributed by atoms with van der Waals surface area (Å²) in [6.45, 7) is 7.38. The molecule has 43 heavy (non-hydrogen) atoms. The van der Waals surface area contributed by atoms with E-state index < -0.39 is 17.5 Å². The van der Waals surface area contributed by atoms with Gasteiger partial charge < -0.3 is 25.0 Å². The number of anilines is 3. The van der Waals surface area contributed by atoms with Gasteiger partial charge in [-0.25, -0.2) is 13.8 Å². The average molecular weight is 588 g/mol. The Bertz CT molecular complexity index is 1560. The molecule has 1 amide bonds. The number of benzene rings is 3. The van der Waals surface area contributed by atoms with Crippen LogP contribution in [0.3, 0.4) is 0 Å². The number of halogens is 2. The summed E-state index contributed by atoms with van der Waals surface area (Å²) in [5.74, 6) is -1.24. The highest BCUT2D eigenvalue weighted by molar-refractivity contribution is 6.06. The van der Waals surface area contributed by atoms with Gasteiger partial charge >= 0.3 is 0 Å². The smallest absolute Gasteiger partial charge is 0.262 e. The molecule has 1 aliphatic rings. The third-order valence-electron chi connectivity index (χ3n) is 7.24. The lowest BCUT2D eigenvalue weighted by Gasteiger charge is -2.26. The van der Waals surface area contributed by atoms with Crippen LogP contribution >= 0.6 is 0 Å². The fraction of sp³-hybridized carbons (Fsp3) is 0.303. The number of piperidine rings is 1. The maximum Gasteiger partial charge on any atom is 0.262 e. The van der Waals surface area contributed by atoms with Crippen LogP contribution in [0.5, 0.6) is 17.4 Å². The number of aromatic nitrogens is 2. The molecule has 8 nitrogen and oxygen atoms in total. The minimum absolute atomic E-state index is 0.0388. The van der Waals surface area contributed by atoms with Gasteiger partial charge in [-0.2, -0.15) is 4.98 Å². The van der Waals surface area contributed by atoms with Gasteiger partial charge in [0.2, 0.25) is 11.8 Å². The molecule has 4 aromatic rings. The number of para-hydroxylation sites is 1. The molecule has 0 radical (unpaired) electrons. The zero-order chi connectivity index (χ0) is 30.2. The fourth-order valence-electron chi connectivity index (χ4n) is 4.97. The van der Waals surface area contributed by atoms with Crippen molar-refractivity contribution in [1.82, 2.24) is 14.9 Å². The maximum absolute atomic E-state index is 14.9. The number of hydrogen-bond acceptors (Lipinski definition) is 7. The summed E-state index contributed by atoms with van der Waals surface area (Å²) < 4.78 is 40.2. The minimum atomic E-state index is -0.524. The second-order valence-corrected chi connectivity index (χ2v) is 10.6. The number of likely N-dealkylation sites (tertiary alicyclic amines) is 1. The van der Waals surface area contributed by atoms with E-state index in [9.17, 15) is 13.6 Å². The molecule has 0 atom stereocenters. The molecule has 1 aliphatic heterocycles. The molecule has 1 fully saturated rings. The van der Waals surface area contributed by atoms with Crippen molar-refractivity contribution in [1.29, 1.82) is 0 Å². The maximum atomic E-state index is 14.9. The van der Waals surface area contributed by atoms with E-state index in [-0.39, 0.29) is 28.9 Å². The predicted octanol–water partition coefficient (Wildman–Crippen LogP) is 7.41. The van der Waals surface area contributed by atoms with Crippen molar-refractivity contribution in [2.75, 3.05) is 36.9 Å². The zero-order valence-electron chi connectivity index (χ0n) is 24.3. The van der Waals surface area contributed by atoms with Gasteiger partial charge in [-0.1, -0.05) is 30.7 Å². The van der Waals surface area contributed by atoms with Gasteiger partial charge in [-0.15, -0.1) is 0 Å². The largest absolute Gasteiger partial charge is 0.490 e. The molecular weight excluding hydrogens is 552 g/mol. The first-order chi connectivity index (χ1) is 20.9. The van der Waals surface area contributed by atoms with Crippen molar-refractivity contribution in [3.05, 3.63) is 95.2 Å². The zero-order valence-corrected chi connectivity index (χ0v) is 24.3. The molecule has 0 unspecified atom stereocenters. The number of nitrogens with one attached hydrogen (secondary N) is 2. The summed E-state index contributed by atoms with van der Waals surface area (Å²) in [6.07, 6.45) is 5.89. The van der Waals surface area contributed by atoms with E-state index in [1.807, 2.05) is 32.0 Å². The highest BCUT2D eigenvalue weighted by Gasteiger charge is 2.19. The lowest BCUT2D eigenvalue weighted by Crippen LogP contribution is -2.31. The number of carbonyl (C=O) groups excluding carboxylic acids is 1. The molecule has 0 bridgehead atoms. The highest BCUT2D eigenvalue weighted by atomic mass is 19.1. The van der Waals surface area contributed by atoms with Gasteiger partial charge in [-0.3, -0.25) is 4.79 Å². The Labute approximate surface area is 250 Å². The van der Waals surface area contributed by atoms with Crippen LogP contribution < -0.4 is 20.1 Å². The van der Waals surface area contributed by atoms with E-state index in [1.165, 1.54) is 49.7 Å². The number of ether oxygens (including phenoxy) is 2. The first-order valence-corrected chi connectivity index (χ1v) is 14.5. The summed E-state index contributed by atoms with van der Waals surface area (Å²) in [4.78, 5) is 24.4. The minimum Gasteiger partial charge on any atom is -0.490 e. The van der Waals surface area contributed by atoms with Crippen LogP contribution in [0.25, 0.3) is 0 Å². The fourth-order valence-corrected chi connectivity index (χ4v) is 4.97. The van der Waals surface area contributed by atoms with Crippen LogP contribution in [0.4, 0.5) is 26.1 Å². The van der Waals surface area contributed by atoms with Crippen LogP contribution in [0.2, 0.25) is 0 Å². The molecule has 5 rings (SSSR count). The average Bonchev–Trinajstić information content (AvgIpc) is 2.99. The molecule has 2 N–H and O–H groups in total. The molecule has 0 aliphatic carbocycles. The van der Waals surface area contributed by atoms with Crippen molar-refractivity contribution in [2.45, 2.75) is 39.5 Å². The van der Waals surface area contributed by atoms with Crippen molar-refractivity contribution in [3.63, 3.8) is 0 Å². The van der Waals surface area contributed by atoms with Gasteiger partial charge in [0.1, 0.15) is 17.1 Å². The summed E-state index contributed by atoms with van der Waals surface area (Å²) in [7, 11) is 0. The van der Waals surface area contributed by atoms with E-state index in [0.717, 1.165) is 37.2 Å². The Hall–Kier alpha value is -4.57. The van der Waals surface area contributed by atoms with E-state index in [4.69, 9.17) is 9.47 Å². The van der Waals surface area contributed by atoms with Crippen molar-refractivity contribution < 1.29 is 23.0 Å². The Morgan fingerprint density at radius 3 is 2.49 bits per heavy atom. The number of amides is 1. The van der Waals surface area contributed by atoms with E-state index in [1.54, 1.807) is 18.2 Å². The molecule has 0 spiro atoms. The quantitative estimate of drug-likeness (QED) is 0.177. The summed E-state index contributed by atoms with van der Waals surface area (Å²) in [6, 6.07) is 15.7. The molecular formula is C33H35F2N5O3. The Morgan fingerprint density at radius 1 is 0.977 bits per heavy atom. The molecule has 3 aromatic carbocycles. The summed E-state index contributed by atoms with van der Waals surface area (Å²) in [5.41, 5.74) is 2.85. The van der Waals surface area contributed by atoms with Gasteiger partial charge in [0, 0.05) is 36.2 Å². The van der Waals surface area contributed by atoms with Crippen LogP contribution in [0.1, 0.15) is 47.2 Å². The molecule has 10 heteroatoms. The van der Waals surface area contributed by atoms with Crippen molar-refractivity contribution >= 4 is 23.2 Å². The normalized spacial score (nSPS) is 13.4. The van der Waals surface area contributed by atoms with E-state index >= 15 is 0 Å². The molecule has 224 valence electrons. The number of hydrogen-bond donors (Lipinski definition) is 2. The van der Waals surface area contributed by atoms with Crippen LogP contribution in [-0.4, -0.2) is 47.0 Å². The van der Waals surface area contributed by atoms with Crippen LogP contribution in [-0.2, 0) is 0 Å². The standard InChI is InChI=1S/C33H35F2N5O3/c1-22-9-6-10-23(2)30(22)38-31(41)27-21-36-33(39-32(27)43-26-12-7-11-24(34)19-26)37-25-13-14-29(28(35)20-25)42-18-8-17-40-15-4-3-5-16-40/h6-7,9-14,19-21H,3-5,8,15-18H2,1-2H3,(H,38,41)(H,36,37,39). The predicted molar refractivity (Wildman–Crippen MR) is 162 cm³/mol. The van der Waals surface area contributed by atoms with E-state index in [0.29, 0.717) is 18.0 Å². The second-order valence-electron chi connectivity index (χ2n) is 10.6. The number of carbonyl (C=O) groups is 1. The molecule has 2 heterocycles. The SMILES string of the molecule is Cc1cccc(C)c1NC(=O)c1cnc(Nc2ccc(OCCCN3CCCCC3)c(F)c2)nc1Oc1cccc(F)c1. The molecule has 1 saturated heterocycles. The Morgan fingerprint density at radius 2 is 1.74 bits per heavy atom. The number of aryl methyl sites for hydroxylation is 2. The van der Waals surface area contributed by atoms with Gasteiger partial charge in [-0.05, 0) is 81.6 Å². The van der Waals surface area contributed by atoms with Crippen molar-refractivity contribution in [2.24, 2.45) is 0 Å². The molecule has 0 saturated carbocycles. The summed E-state index contributed by atoms with van der Waals surface area (Å²) >= 11 is 0. The van der Waals surface area contributed by atoms with Crippen LogP contribution in [0, 0.1) is 25.5 Å². The summed E-state index contributed by atoms with van der Waals surface area (Å²) in [5, 5.41) is 5.84. The first-order valence-electron chi connectivity index (χ1n) is 14.5. The van der Waals surface area contributed by atoms with Crippen molar-refractivity contribution in [3.8, 4) is 17.4 Å². The molecule has 1 aromatic heterocycles. The lowest BCUT2D eigenvalue weighted by molar-refractivity contribution is 0.102. The Balaban J connectivity index is 1.30. The number of rotatable bonds is 11. The third kappa shape index (κ3) is 8.04. The number of nitrogens with zero attached hydrogens (tertiary/aromatic N) is 3.